The van der Waals surface area contributed by atoms with Crippen molar-refractivity contribution in [3.63, 3.8) is 0 Å². The maximum absolute atomic E-state index is 12.6. The Morgan fingerprint density at radius 3 is 2.71 bits per heavy atom. The summed E-state index contributed by atoms with van der Waals surface area (Å²) in [6.45, 7) is 1.38. The molecule has 0 unspecified atom stereocenters. The minimum absolute atomic E-state index is 0.00882. The molecule has 0 fully saturated rings. The Balaban J connectivity index is 1.63. The molecule has 6 heteroatoms. The van der Waals surface area contributed by atoms with E-state index in [9.17, 15) is 4.79 Å². The number of aryl methyl sites for hydroxylation is 1. The zero-order valence-electron chi connectivity index (χ0n) is 13.6. The molecule has 0 saturated heterocycles. The lowest BCUT2D eigenvalue weighted by molar-refractivity contribution is 0.0757. The third-order valence-electron chi connectivity index (χ3n) is 4.59. The summed E-state index contributed by atoms with van der Waals surface area (Å²) in [5.41, 5.74) is 5.17. The van der Waals surface area contributed by atoms with Crippen LogP contribution in [0.2, 0.25) is 0 Å². The third-order valence-corrected chi connectivity index (χ3v) is 4.59. The molecular weight excluding hydrogens is 302 g/mol. The van der Waals surface area contributed by atoms with Crippen LogP contribution >= 0.6 is 0 Å². The fraction of sp³-hybridized carbons (Fsp3) is 0.278. The monoisotopic (exact) mass is 321 g/mol. The molecule has 3 heterocycles. The number of nitrogens with one attached hydrogen (secondary N) is 1. The van der Waals surface area contributed by atoms with Gasteiger partial charge < -0.3 is 9.88 Å². The maximum atomic E-state index is 12.6. The standard InChI is InChI=1S/C18H19N5O/c1-22-16-8-10-23(18(24)15-11-19-12-20-15)9-7-14(16)17(21-22)13-5-3-2-4-6-13/h2-6,11-12H,7-10H2,1H3,(H,19,20). The highest BCUT2D eigenvalue weighted by atomic mass is 16.2. The van der Waals surface area contributed by atoms with Gasteiger partial charge in [0, 0.05) is 43.4 Å². The summed E-state index contributed by atoms with van der Waals surface area (Å²) in [4.78, 5) is 21.3. The van der Waals surface area contributed by atoms with E-state index in [0.717, 1.165) is 24.1 Å². The SMILES string of the molecule is Cn1nc(-c2ccccc2)c2c1CCN(C(=O)c1cnc[nH]1)CC2. The lowest BCUT2D eigenvalue weighted by Gasteiger charge is -2.19. The highest BCUT2D eigenvalue weighted by molar-refractivity contribution is 5.92. The predicted molar refractivity (Wildman–Crippen MR) is 90.5 cm³/mol. The van der Waals surface area contributed by atoms with Gasteiger partial charge in [0.05, 0.1) is 18.2 Å². The number of carbonyl (C=O) groups is 1. The first-order valence-corrected chi connectivity index (χ1v) is 8.12. The molecule has 0 spiro atoms. The summed E-state index contributed by atoms with van der Waals surface area (Å²) < 4.78 is 1.96. The first kappa shape index (κ1) is 14.7. The second-order valence-corrected chi connectivity index (χ2v) is 6.02. The summed E-state index contributed by atoms with van der Waals surface area (Å²) in [5.74, 6) is 0.00882. The molecule has 0 saturated carbocycles. The normalized spacial score (nSPS) is 14.3. The van der Waals surface area contributed by atoms with E-state index in [1.807, 2.05) is 34.8 Å². The van der Waals surface area contributed by atoms with Gasteiger partial charge in [0.25, 0.3) is 5.91 Å². The number of imidazole rings is 1. The van der Waals surface area contributed by atoms with Crippen molar-refractivity contribution in [1.29, 1.82) is 0 Å². The van der Waals surface area contributed by atoms with Gasteiger partial charge in [-0.25, -0.2) is 4.98 Å². The van der Waals surface area contributed by atoms with Crippen molar-refractivity contribution in [3.05, 3.63) is 59.8 Å². The van der Waals surface area contributed by atoms with Crippen LogP contribution in [0.25, 0.3) is 11.3 Å². The summed E-state index contributed by atoms with van der Waals surface area (Å²) in [7, 11) is 1.98. The second-order valence-electron chi connectivity index (χ2n) is 6.02. The van der Waals surface area contributed by atoms with Gasteiger partial charge in [-0.15, -0.1) is 0 Å². The van der Waals surface area contributed by atoms with Crippen LogP contribution in [0.1, 0.15) is 21.7 Å². The molecule has 0 bridgehead atoms. The van der Waals surface area contributed by atoms with E-state index in [0.29, 0.717) is 18.8 Å². The van der Waals surface area contributed by atoms with E-state index in [1.54, 1.807) is 6.20 Å². The quantitative estimate of drug-likeness (QED) is 0.785. The minimum Gasteiger partial charge on any atom is -0.341 e. The van der Waals surface area contributed by atoms with Crippen LogP contribution in [0.15, 0.2) is 42.9 Å². The number of nitrogens with zero attached hydrogens (tertiary/aromatic N) is 4. The Morgan fingerprint density at radius 2 is 1.96 bits per heavy atom. The number of amides is 1. The van der Waals surface area contributed by atoms with E-state index in [4.69, 9.17) is 5.10 Å². The minimum atomic E-state index is 0.00882. The molecule has 1 aromatic carbocycles. The van der Waals surface area contributed by atoms with E-state index in [2.05, 4.69) is 22.1 Å². The van der Waals surface area contributed by atoms with Crippen molar-refractivity contribution in [1.82, 2.24) is 24.6 Å². The Bertz CT molecular complexity index is 851. The van der Waals surface area contributed by atoms with Crippen LogP contribution in [0, 0.1) is 0 Å². The van der Waals surface area contributed by atoms with Crippen LogP contribution in [0.5, 0.6) is 0 Å². The Morgan fingerprint density at radius 1 is 1.17 bits per heavy atom. The van der Waals surface area contributed by atoms with Crippen LogP contribution < -0.4 is 0 Å². The van der Waals surface area contributed by atoms with Gasteiger partial charge in [0.15, 0.2) is 0 Å². The van der Waals surface area contributed by atoms with Crippen molar-refractivity contribution in [2.75, 3.05) is 13.1 Å². The van der Waals surface area contributed by atoms with Crippen molar-refractivity contribution in [3.8, 4) is 11.3 Å². The van der Waals surface area contributed by atoms with Crippen molar-refractivity contribution < 1.29 is 4.79 Å². The molecule has 2 aromatic heterocycles. The second kappa shape index (κ2) is 5.96. The maximum Gasteiger partial charge on any atom is 0.271 e. The zero-order chi connectivity index (χ0) is 16.5. The molecule has 1 aliphatic rings. The average molecular weight is 321 g/mol. The fourth-order valence-corrected chi connectivity index (χ4v) is 3.35. The first-order valence-electron chi connectivity index (χ1n) is 8.12. The van der Waals surface area contributed by atoms with Gasteiger partial charge in [-0.05, 0) is 6.42 Å². The van der Waals surface area contributed by atoms with E-state index >= 15 is 0 Å². The number of aromatic nitrogens is 4. The van der Waals surface area contributed by atoms with Gasteiger partial charge in [0.1, 0.15) is 5.69 Å². The summed E-state index contributed by atoms with van der Waals surface area (Å²) in [5, 5.41) is 4.72. The number of benzene rings is 1. The summed E-state index contributed by atoms with van der Waals surface area (Å²) in [6, 6.07) is 10.2. The smallest absolute Gasteiger partial charge is 0.271 e. The number of carbonyl (C=O) groups excluding carboxylic acids is 1. The van der Waals surface area contributed by atoms with Gasteiger partial charge in [-0.2, -0.15) is 5.10 Å². The molecule has 0 radical (unpaired) electrons. The zero-order valence-corrected chi connectivity index (χ0v) is 13.6. The van der Waals surface area contributed by atoms with Crippen LogP contribution in [0.3, 0.4) is 0 Å². The van der Waals surface area contributed by atoms with Crippen molar-refractivity contribution >= 4 is 5.91 Å². The van der Waals surface area contributed by atoms with E-state index < -0.39 is 0 Å². The number of aromatic amines is 1. The number of hydrogen-bond acceptors (Lipinski definition) is 3. The molecule has 0 atom stereocenters. The first-order chi connectivity index (χ1) is 11.7. The Kier molecular flexibility index (Phi) is 3.65. The van der Waals surface area contributed by atoms with Crippen molar-refractivity contribution in [2.24, 2.45) is 7.05 Å². The molecule has 1 aliphatic heterocycles. The van der Waals surface area contributed by atoms with Gasteiger partial charge >= 0.3 is 0 Å². The van der Waals surface area contributed by atoms with Gasteiger partial charge in [0.2, 0.25) is 0 Å². The van der Waals surface area contributed by atoms with Crippen LogP contribution in [-0.4, -0.2) is 43.6 Å². The number of rotatable bonds is 2. The van der Waals surface area contributed by atoms with E-state index in [-0.39, 0.29) is 5.91 Å². The molecular formula is C18H19N5O. The molecule has 24 heavy (non-hydrogen) atoms. The highest BCUT2D eigenvalue weighted by Gasteiger charge is 2.25. The van der Waals surface area contributed by atoms with Crippen molar-refractivity contribution in [2.45, 2.75) is 12.8 Å². The number of hydrogen-bond donors (Lipinski definition) is 1. The largest absolute Gasteiger partial charge is 0.341 e. The molecule has 6 nitrogen and oxygen atoms in total. The van der Waals surface area contributed by atoms with Gasteiger partial charge in [-0.1, -0.05) is 30.3 Å². The van der Waals surface area contributed by atoms with Crippen LogP contribution in [0.4, 0.5) is 0 Å². The lowest BCUT2D eigenvalue weighted by atomic mass is 10.0. The van der Waals surface area contributed by atoms with Gasteiger partial charge in [-0.3, -0.25) is 9.48 Å². The lowest BCUT2D eigenvalue weighted by Crippen LogP contribution is -2.33. The summed E-state index contributed by atoms with van der Waals surface area (Å²) >= 11 is 0. The fourth-order valence-electron chi connectivity index (χ4n) is 3.35. The average Bonchev–Trinajstić information content (AvgIpc) is 3.18. The molecule has 4 rings (SSSR count). The third kappa shape index (κ3) is 2.50. The topological polar surface area (TPSA) is 66.8 Å². The number of H-pyrrole nitrogens is 1. The van der Waals surface area contributed by atoms with E-state index in [1.165, 1.54) is 17.6 Å². The predicted octanol–water partition coefficient (Wildman–Crippen LogP) is 2.05. The molecule has 3 aromatic rings. The Labute approximate surface area is 140 Å². The number of fused-ring (bicyclic) bond motifs is 1. The molecule has 122 valence electrons. The highest BCUT2D eigenvalue weighted by Crippen LogP contribution is 2.28. The Hall–Kier alpha value is -2.89. The molecule has 0 aliphatic carbocycles. The summed E-state index contributed by atoms with van der Waals surface area (Å²) in [6.07, 6.45) is 4.74. The van der Waals surface area contributed by atoms with Crippen LogP contribution in [-0.2, 0) is 19.9 Å². The molecule has 1 N–H and O–H groups in total. The molecule has 1 amide bonds.